The standard InChI is InChI=1S/C55H92N16O9S/c1-6-37(2)47-51(79)71(35-45(76)64(47)4)40(19-14-16-22-56)49(77)67-27-31-69(32-28-67)54-62-52(58-24-18-15-20-41-46-39(36-81-41)59-55(80)60-46)61-53(63-54)68-29-25-66(26-30-68)43(74)21-13-11-9-7-8-10-12-17-23-57-42(73)33-70-34-44(75)65(5)48(38(3)72)50(70)78/h37-41,46-48,72H,6-36,56H2,1-5H3,(H,57,73)(H2,59,60,80)(H,58,61,62,63)/t37-,38+,39-,40-,41-,46-,47-,48-/m0/s1. The second kappa shape index (κ2) is 30.5. The third kappa shape index (κ3) is 16.7. The molecule has 0 unspecified atom stereocenters. The highest BCUT2D eigenvalue weighted by Crippen LogP contribution is 2.33. The molecule has 0 bridgehead atoms. The lowest BCUT2D eigenvalue weighted by Crippen LogP contribution is -2.65. The van der Waals surface area contributed by atoms with Gasteiger partial charge in [0, 0.05) is 97.0 Å². The summed E-state index contributed by atoms with van der Waals surface area (Å²) in [5.41, 5.74) is 5.86. The molecule has 25 nitrogen and oxygen atoms in total. The minimum atomic E-state index is -1.04. The molecule has 6 saturated heterocycles. The second-order valence-corrected chi connectivity index (χ2v) is 24.2. The number of piperazine rings is 4. The van der Waals surface area contributed by atoms with E-state index in [4.69, 9.17) is 20.7 Å². The van der Waals surface area contributed by atoms with Crippen LogP contribution in [0.2, 0.25) is 0 Å². The monoisotopic (exact) mass is 1150 g/mol. The fourth-order valence-corrected chi connectivity index (χ4v) is 13.5. The van der Waals surface area contributed by atoms with Gasteiger partial charge in [0.05, 0.1) is 18.2 Å². The molecule has 1 aromatic rings. The highest BCUT2D eigenvalue weighted by Gasteiger charge is 2.46. The number of fused-ring (bicyclic) bond motifs is 1. The summed E-state index contributed by atoms with van der Waals surface area (Å²) in [6.07, 6.45) is 12.5. The Morgan fingerprint density at radius 3 is 1.96 bits per heavy atom. The molecule has 7 N–H and O–H groups in total. The van der Waals surface area contributed by atoms with Crippen LogP contribution in [0.15, 0.2) is 0 Å². The highest BCUT2D eigenvalue weighted by molar-refractivity contribution is 8.00. The first-order chi connectivity index (χ1) is 39.0. The SMILES string of the molecule is CC[C@H](C)[C@H]1C(=O)N([C@@H](CCCCN)C(=O)N2CCN(c3nc(NCCCC[C@@H]4SC[C@@H]5NC(=O)N[C@@H]54)nc(N4CCN(C(=O)CCCCCCCCCCNC(=O)CN5CC(=O)N(C)[C@@H]([C@@H](C)O)C5=O)CC4)n3)CC2)CC(=O)N1C. The van der Waals surface area contributed by atoms with Crippen LogP contribution in [0.4, 0.5) is 22.6 Å². The van der Waals surface area contributed by atoms with Crippen molar-refractivity contribution in [1.82, 2.24) is 60.3 Å². The van der Waals surface area contributed by atoms with Gasteiger partial charge in [-0.05, 0) is 64.3 Å². The number of rotatable bonds is 30. The predicted octanol–water partition coefficient (Wildman–Crippen LogP) is 0.806. The van der Waals surface area contributed by atoms with Crippen molar-refractivity contribution in [3.63, 3.8) is 0 Å². The van der Waals surface area contributed by atoms with Crippen LogP contribution in [0.25, 0.3) is 0 Å². The van der Waals surface area contributed by atoms with E-state index in [1.54, 1.807) is 11.9 Å². The van der Waals surface area contributed by atoms with Crippen molar-refractivity contribution in [2.24, 2.45) is 11.7 Å². The molecule has 7 rings (SSSR count). The Hall–Kier alpha value is -5.76. The maximum absolute atomic E-state index is 14.5. The summed E-state index contributed by atoms with van der Waals surface area (Å²) in [5, 5.41) is 22.8. The van der Waals surface area contributed by atoms with Gasteiger partial charge in [-0.25, -0.2) is 4.79 Å². The van der Waals surface area contributed by atoms with Crippen molar-refractivity contribution in [1.29, 1.82) is 0 Å². The van der Waals surface area contributed by atoms with Gasteiger partial charge < -0.3 is 71.3 Å². The van der Waals surface area contributed by atoms with Crippen LogP contribution in [0.3, 0.4) is 0 Å². The summed E-state index contributed by atoms with van der Waals surface area (Å²) in [5.74, 6) is 0.885. The quantitative estimate of drug-likeness (QED) is 0.0459. The van der Waals surface area contributed by atoms with E-state index in [0.29, 0.717) is 121 Å². The number of carbonyl (C=O) groups is 8. The maximum Gasteiger partial charge on any atom is 0.315 e. The van der Waals surface area contributed by atoms with Crippen LogP contribution in [0.5, 0.6) is 0 Å². The van der Waals surface area contributed by atoms with Crippen LogP contribution >= 0.6 is 11.8 Å². The summed E-state index contributed by atoms with van der Waals surface area (Å²) < 4.78 is 0. The summed E-state index contributed by atoms with van der Waals surface area (Å²) >= 11 is 1.91. The largest absolute Gasteiger partial charge is 0.391 e. The van der Waals surface area contributed by atoms with Gasteiger partial charge in [-0.3, -0.25) is 33.6 Å². The van der Waals surface area contributed by atoms with E-state index in [1.807, 2.05) is 30.5 Å². The van der Waals surface area contributed by atoms with Gasteiger partial charge in [-0.2, -0.15) is 26.7 Å². The number of nitrogens with two attached hydrogens (primary N) is 1. The zero-order chi connectivity index (χ0) is 58.2. The minimum absolute atomic E-state index is 0.0629. The van der Waals surface area contributed by atoms with E-state index in [2.05, 4.69) is 31.1 Å². The van der Waals surface area contributed by atoms with Gasteiger partial charge in [0.2, 0.25) is 59.2 Å². The van der Waals surface area contributed by atoms with E-state index in [9.17, 15) is 43.5 Å². The topological polar surface area (TPSA) is 296 Å². The zero-order valence-corrected chi connectivity index (χ0v) is 49.5. The van der Waals surface area contributed by atoms with Gasteiger partial charge in [-0.1, -0.05) is 65.2 Å². The Morgan fingerprint density at radius 1 is 0.716 bits per heavy atom. The van der Waals surface area contributed by atoms with Gasteiger partial charge in [0.25, 0.3) is 0 Å². The summed E-state index contributed by atoms with van der Waals surface area (Å²) in [6, 6.07) is -2.12. The Balaban J connectivity index is 0.857. The molecule has 8 atom stereocenters. The number of aliphatic hydroxyl groups excluding tert-OH is 1. The molecule has 9 amide bonds. The lowest BCUT2D eigenvalue weighted by Gasteiger charge is -2.45. The van der Waals surface area contributed by atoms with Crippen molar-refractivity contribution < 1.29 is 43.5 Å². The number of unbranched alkanes of at least 4 members (excludes halogenated alkanes) is 9. The fourth-order valence-electron chi connectivity index (χ4n) is 12.0. The number of amides is 9. The van der Waals surface area contributed by atoms with Gasteiger partial charge in [0.1, 0.15) is 37.8 Å². The molecule has 0 aromatic carbocycles. The van der Waals surface area contributed by atoms with Gasteiger partial charge in [0.15, 0.2) is 0 Å². The zero-order valence-electron chi connectivity index (χ0n) is 48.7. The molecule has 0 aliphatic carbocycles. The number of hydrogen-bond donors (Lipinski definition) is 6. The van der Waals surface area contributed by atoms with Crippen molar-refractivity contribution in [2.75, 3.05) is 127 Å². The van der Waals surface area contributed by atoms with Crippen molar-refractivity contribution in [3.8, 4) is 0 Å². The summed E-state index contributed by atoms with van der Waals surface area (Å²) in [6.45, 7) is 10.4. The molecule has 6 aliphatic rings. The number of anilines is 3. The Kier molecular flexibility index (Phi) is 23.7. The second-order valence-electron chi connectivity index (χ2n) is 22.9. The number of carbonyl (C=O) groups excluding carboxylic acids is 8. The van der Waals surface area contributed by atoms with Crippen LogP contribution in [0, 0.1) is 5.92 Å². The maximum atomic E-state index is 14.5. The van der Waals surface area contributed by atoms with E-state index < -0.39 is 30.1 Å². The van der Waals surface area contributed by atoms with Crippen LogP contribution in [-0.2, 0) is 33.6 Å². The lowest BCUT2D eigenvalue weighted by atomic mass is 9.93. The fraction of sp³-hybridized carbons (Fsp3) is 0.800. The minimum Gasteiger partial charge on any atom is -0.391 e. The molecule has 6 aliphatic heterocycles. The molecule has 7 heterocycles. The molecule has 26 heteroatoms. The molecular formula is C55H92N16O9S. The molecule has 452 valence electrons. The predicted molar refractivity (Wildman–Crippen MR) is 309 cm³/mol. The Labute approximate surface area is 482 Å². The van der Waals surface area contributed by atoms with Gasteiger partial charge in [-0.15, -0.1) is 0 Å². The molecule has 0 radical (unpaired) electrons. The summed E-state index contributed by atoms with van der Waals surface area (Å²) in [4.78, 5) is 133. The third-order valence-electron chi connectivity index (χ3n) is 17.1. The number of likely N-dealkylation sites (N-methyl/N-ethyl adjacent to an activating group) is 2. The Morgan fingerprint density at radius 2 is 1.32 bits per heavy atom. The average Bonchev–Trinajstić information content (AvgIpc) is 4.04. The molecule has 0 saturated carbocycles. The van der Waals surface area contributed by atoms with E-state index in [1.165, 1.54) is 33.6 Å². The van der Waals surface area contributed by atoms with E-state index in [0.717, 1.165) is 82.8 Å². The molecule has 81 heavy (non-hydrogen) atoms. The molecule has 1 aromatic heterocycles. The number of aliphatic hydroxyl groups is 1. The Bertz CT molecular complexity index is 2320. The molecule has 6 fully saturated rings. The van der Waals surface area contributed by atoms with Crippen LogP contribution in [0.1, 0.15) is 124 Å². The average molecular weight is 1150 g/mol. The van der Waals surface area contributed by atoms with Gasteiger partial charge >= 0.3 is 6.03 Å². The van der Waals surface area contributed by atoms with E-state index >= 15 is 0 Å². The van der Waals surface area contributed by atoms with Crippen LogP contribution in [-0.4, -0.2) is 250 Å². The number of nitrogens with zero attached hydrogens (tertiary/aromatic N) is 11. The number of aromatic nitrogens is 3. The normalized spacial score (nSPS) is 23.6. The molecular weight excluding hydrogens is 1060 g/mol. The van der Waals surface area contributed by atoms with Crippen molar-refractivity contribution in [3.05, 3.63) is 0 Å². The first-order valence-electron chi connectivity index (χ1n) is 30.0. The summed E-state index contributed by atoms with van der Waals surface area (Å²) in [7, 11) is 3.16. The number of urea groups is 1. The molecule has 0 spiro atoms. The first-order valence-corrected chi connectivity index (χ1v) is 31.0. The number of hydrogen-bond acceptors (Lipinski definition) is 17. The highest BCUT2D eigenvalue weighted by atomic mass is 32.2. The number of thioether (sulfide) groups is 1. The van der Waals surface area contributed by atoms with E-state index in [-0.39, 0.29) is 79.1 Å². The van der Waals surface area contributed by atoms with Crippen molar-refractivity contribution >= 4 is 77.0 Å². The smallest absolute Gasteiger partial charge is 0.315 e. The number of nitrogens with one attached hydrogen (secondary N) is 4. The third-order valence-corrected chi connectivity index (χ3v) is 18.6. The van der Waals surface area contributed by atoms with Crippen molar-refractivity contribution in [2.45, 2.75) is 165 Å². The lowest BCUT2D eigenvalue weighted by molar-refractivity contribution is -0.163. The first kappa shape index (κ1) is 62.8. The van der Waals surface area contributed by atoms with Crippen LogP contribution < -0.4 is 36.8 Å².